The topological polar surface area (TPSA) is 94.1 Å². The van der Waals surface area contributed by atoms with Gasteiger partial charge in [0.2, 0.25) is 5.75 Å². The zero-order chi connectivity index (χ0) is 18.6. The number of amides is 1. The van der Waals surface area contributed by atoms with Crippen molar-refractivity contribution in [1.82, 2.24) is 5.32 Å². The molecule has 1 atom stereocenters. The smallest absolute Gasteiger partial charge is 0.345 e. The molecule has 1 aromatic heterocycles. The molecule has 0 saturated heterocycles. The first-order chi connectivity index (χ1) is 11.9. The van der Waals surface area contributed by atoms with Gasteiger partial charge in [0.05, 0.1) is 32.2 Å². The summed E-state index contributed by atoms with van der Waals surface area (Å²) in [7, 11) is 4.55. The van der Waals surface area contributed by atoms with Gasteiger partial charge in [0.15, 0.2) is 11.5 Å². The zero-order valence-electron chi connectivity index (χ0n) is 14.3. The van der Waals surface area contributed by atoms with Gasteiger partial charge in [0.25, 0.3) is 5.91 Å². The van der Waals surface area contributed by atoms with Gasteiger partial charge in [-0.05, 0) is 36.8 Å². The summed E-state index contributed by atoms with van der Waals surface area (Å²) in [5, 5.41) is 11.8. The third kappa shape index (κ3) is 4.03. The SMILES string of the molecule is COc1cc(C(C)NC(=O)c2ccc(C(=O)O)s2)cc(OC)c1OC. The predicted molar refractivity (Wildman–Crippen MR) is 93.3 cm³/mol. The summed E-state index contributed by atoms with van der Waals surface area (Å²) in [6.07, 6.45) is 0. The molecule has 0 fully saturated rings. The zero-order valence-corrected chi connectivity index (χ0v) is 15.1. The lowest BCUT2D eigenvalue weighted by Crippen LogP contribution is -2.26. The van der Waals surface area contributed by atoms with Gasteiger partial charge in [-0.15, -0.1) is 11.3 Å². The molecule has 0 spiro atoms. The van der Waals surface area contributed by atoms with E-state index in [-0.39, 0.29) is 16.8 Å². The molecule has 0 aliphatic carbocycles. The van der Waals surface area contributed by atoms with Crippen LogP contribution in [0.4, 0.5) is 0 Å². The molecule has 0 saturated carbocycles. The number of rotatable bonds is 7. The molecule has 1 heterocycles. The van der Waals surface area contributed by atoms with Crippen LogP contribution in [0.5, 0.6) is 17.2 Å². The molecular weight excluding hydrogens is 346 g/mol. The number of carbonyl (C=O) groups excluding carboxylic acids is 1. The highest BCUT2D eigenvalue weighted by Gasteiger charge is 2.19. The first-order valence-corrected chi connectivity index (χ1v) is 8.16. The third-order valence-electron chi connectivity index (χ3n) is 3.58. The van der Waals surface area contributed by atoms with Crippen molar-refractivity contribution in [2.24, 2.45) is 0 Å². The van der Waals surface area contributed by atoms with Gasteiger partial charge in [-0.25, -0.2) is 4.79 Å². The molecule has 0 radical (unpaired) electrons. The molecular formula is C17H19NO6S. The van der Waals surface area contributed by atoms with E-state index in [1.807, 2.05) is 6.92 Å². The predicted octanol–water partition coefficient (Wildman–Crippen LogP) is 2.96. The molecule has 2 aromatic rings. The fraction of sp³-hybridized carbons (Fsp3) is 0.294. The Morgan fingerprint density at radius 2 is 1.60 bits per heavy atom. The van der Waals surface area contributed by atoms with Crippen LogP contribution in [0, 0.1) is 0 Å². The van der Waals surface area contributed by atoms with Crippen molar-refractivity contribution >= 4 is 23.2 Å². The van der Waals surface area contributed by atoms with Crippen molar-refractivity contribution in [3.05, 3.63) is 39.6 Å². The lowest BCUT2D eigenvalue weighted by atomic mass is 10.1. The molecule has 7 nitrogen and oxygen atoms in total. The van der Waals surface area contributed by atoms with Gasteiger partial charge >= 0.3 is 5.97 Å². The van der Waals surface area contributed by atoms with Gasteiger partial charge < -0.3 is 24.6 Å². The molecule has 0 bridgehead atoms. The number of methoxy groups -OCH3 is 3. The Kier molecular flexibility index (Phi) is 5.87. The maximum Gasteiger partial charge on any atom is 0.345 e. The highest BCUT2D eigenvalue weighted by Crippen LogP contribution is 2.39. The van der Waals surface area contributed by atoms with Crippen LogP contribution >= 0.6 is 11.3 Å². The number of ether oxygens (including phenoxy) is 3. The average molecular weight is 365 g/mol. The fourth-order valence-corrected chi connectivity index (χ4v) is 3.03. The van der Waals surface area contributed by atoms with Gasteiger partial charge in [-0.2, -0.15) is 0 Å². The van der Waals surface area contributed by atoms with Crippen molar-refractivity contribution in [2.45, 2.75) is 13.0 Å². The second kappa shape index (κ2) is 7.89. The van der Waals surface area contributed by atoms with Crippen molar-refractivity contribution in [1.29, 1.82) is 0 Å². The van der Waals surface area contributed by atoms with Gasteiger partial charge in [0.1, 0.15) is 4.88 Å². The Morgan fingerprint density at radius 1 is 1.04 bits per heavy atom. The van der Waals surface area contributed by atoms with Crippen molar-refractivity contribution in [3.8, 4) is 17.2 Å². The van der Waals surface area contributed by atoms with E-state index in [1.54, 1.807) is 12.1 Å². The van der Waals surface area contributed by atoms with E-state index in [1.165, 1.54) is 33.5 Å². The van der Waals surface area contributed by atoms with E-state index in [9.17, 15) is 9.59 Å². The van der Waals surface area contributed by atoms with E-state index < -0.39 is 5.97 Å². The van der Waals surface area contributed by atoms with E-state index in [0.29, 0.717) is 22.1 Å². The average Bonchev–Trinajstić information content (AvgIpc) is 3.10. The second-order valence-corrected chi connectivity index (χ2v) is 6.21. The number of aromatic carboxylic acids is 1. The van der Waals surface area contributed by atoms with Crippen LogP contribution in [-0.4, -0.2) is 38.3 Å². The Hall–Kier alpha value is -2.74. The minimum Gasteiger partial charge on any atom is -0.493 e. The number of hydrogen-bond donors (Lipinski definition) is 2. The molecule has 1 unspecified atom stereocenters. The number of carboxylic acid groups (broad SMARTS) is 1. The number of carboxylic acids is 1. The van der Waals surface area contributed by atoms with Crippen molar-refractivity contribution < 1.29 is 28.9 Å². The van der Waals surface area contributed by atoms with Crippen LogP contribution in [-0.2, 0) is 0 Å². The summed E-state index contributed by atoms with van der Waals surface area (Å²) < 4.78 is 15.9. The Labute approximate surface area is 149 Å². The lowest BCUT2D eigenvalue weighted by Gasteiger charge is -2.18. The molecule has 2 rings (SSSR count). The number of hydrogen-bond acceptors (Lipinski definition) is 6. The van der Waals surface area contributed by atoms with E-state index in [2.05, 4.69) is 5.32 Å². The van der Waals surface area contributed by atoms with E-state index in [0.717, 1.165) is 16.9 Å². The first-order valence-electron chi connectivity index (χ1n) is 7.35. The highest BCUT2D eigenvalue weighted by molar-refractivity contribution is 7.15. The minimum absolute atomic E-state index is 0.116. The summed E-state index contributed by atoms with van der Waals surface area (Å²) in [4.78, 5) is 23.7. The van der Waals surface area contributed by atoms with Crippen LogP contribution in [0.3, 0.4) is 0 Å². The Balaban J connectivity index is 2.23. The maximum absolute atomic E-state index is 12.3. The largest absolute Gasteiger partial charge is 0.493 e. The summed E-state index contributed by atoms with van der Waals surface area (Å²) in [6, 6.07) is 6.06. The number of thiophene rings is 1. The molecule has 25 heavy (non-hydrogen) atoms. The van der Waals surface area contributed by atoms with Crippen LogP contribution < -0.4 is 19.5 Å². The standard InChI is InChI=1S/C17H19NO6S/c1-9(18-16(19)13-5-6-14(25-13)17(20)21)10-7-11(22-2)15(24-4)12(8-10)23-3/h5-9H,1-4H3,(H,18,19)(H,20,21). The van der Waals surface area contributed by atoms with Gasteiger partial charge in [-0.3, -0.25) is 4.79 Å². The molecule has 1 amide bonds. The normalized spacial score (nSPS) is 11.5. The van der Waals surface area contributed by atoms with Gasteiger partial charge in [-0.1, -0.05) is 0 Å². The Morgan fingerprint density at radius 3 is 2.04 bits per heavy atom. The number of nitrogens with one attached hydrogen (secondary N) is 1. The molecule has 1 aromatic carbocycles. The van der Waals surface area contributed by atoms with Gasteiger partial charge in [0, 0.05) is 0 Å². The first kappa shape index (κ1) is 18.6. The quantitative estimate of drug-likeness (QED) is 0.783. The maximum atomic E-state index is 12.3. The second-order valence-electron chi connectivity index (χ2n) is 5.12. The number of benzene rings is 1. The minimum atomic E-state index is -1.05. The molecule has 0 aliphatic rings. The highest BCUT2D eigenvalue weighted by atomic mass is 32.1. The van der Waals surface area contributed by atoms with E-state index >= 15 is 0 Å². The summed E-state index contributed by atoms with van der Waals surface area (Å²) in [5.41, 5.74) is 0.762. The van der Waals surface area contributed by atoms with Crippen LogP contribution in [0.1, 0.15) is 37.9 Å². The van der Waals surface area contributed by atoms with Crippen LogP contribution in [0.2, 0.25) is 0 Å². The monoisotopic (exact) mass is 365 g/mol. The third-order valence-corrected chi connectivity index (χ3v) is 4.65. The van der Waals surface area contributed by atoms with Crippen LogP contribution in [0.15, 0.2) is 24.3 Å². The molecule has 0 aliphatic heterocycles. The van der Waals surface area contributed by atoms with Crippen LogP contribution in [0.25, 0.3) is 0 Å². The summed E-state index contributed by atoms with van der Waals surface area (Å²) >= 11 is 0.927. The fourth-order valence-electron chi connectivity index (χ4n) is 2.28. The van der Waals surface area contributed by atoms with Crippen molar-refractivity contribution in [3.63, 3.8) is 0 Å². The van der Waals surface area contributed by atoms with Crippen molar-refractivity contribution in [2.75, 3.05) is 21.3 Å². The summed E-state index contributed by atoms with van der Waals surface area (Å²) in [5.74, 6) is 0.0431. The lowest BCUT2D eigenvalue weighted by molar-refractivity contribution is 0.0702. The molecule has 8 heteroatoms. The Bertz CT molecular complexity index is 760. The molecule has 2 N–H and O–H groups in total. The summed E-state index contributed by atoms with van der Waals surface area (Å²) in [6.45, 7) is 1.81. The number of carbonyl (C=O) groups is 2. The molecule has 134 valence electrons. The van der Waals surface area contributed by atoms with E-state index in [4.69, 9.17) is 19.3 Å².